The van der Waals surface area contributed by atoms with Crippen LogP contribution in [0.1, 0.15) is 54.4 Å². The number of hydrogen-bond acceptors (Lipinski definition) is 5. The molecule has 0 bridgehead atoms. The van der Waals surface area contributed by atoms with Crippen molar-refractivity contribution in [2.24, 2.45) is 10.6 Å². The van der Waals surface area contributed by atoms with E-state index in [1.807, 2.05) is 13.8 Å². The number of methoxy groups -OCH3 is 1. The van der Waals surface area contributed by atoms with E-state index in [0.29, 0.717) is 12.2 Å². The standard InChI is InChI=1S/C19H29NO3.CH4O/c1-12(2)20-23-11-19(6,7)17-10-14(4)13(3)9-16(17)15(5)18(21)22-8;1-2/h5,9-11H2,1-4,6-8H3;2H,1H3. The predicted octanol–water partition coefficient (Wildman–Crippen LogP) is 4.19. The van der Waals surface area contributed by atoms with E-state index in [2.05, 4.69) is 39.4 Å². The summed E-state index contributed by atoms with van der Waals surface area (Å²) in [6, 6.07) is 0. The summed E-state index contributed by atoms with van der Waals surface area (Å²) >= 11 is 0. The van der Waals surface area contributed by atoms with E-state index in [-0.39, 0.29) is 11.4 Å². The van der Waals surface area contributed by atoms with Crippen molar-refractivity contribution in [2.75, 3.05) is 20.8 Å². The summed E-state index contributed by atoms with van der Waals surface area (Å²) in [5.74, 6) is -0.371. The summed E-state index contributed by atoms with van der Waals surface area (Å²) in [5.41, 5.74) is 5.86. The number of esters is 1. The first-order valence-corrected chi connectivity index (χ1v) is 8.33. The number of hydrogen-bond donors (Lipinski definition) is 1. The van der Waals surface area contributed by atoms with Crippen molar-refractivity contribution >= 4 is 11.7 Å². The topological polar surface area (TPSA) is 68.1 Å². The van der Waals surface area contributed by atoms with Crippen LogP contribution in [0.25, 0.3) is 0 Å². The molecule has 0 radical (unpaired) electrons. The number of aliphatic hydroxyl groups excluding tert-OH is 1. The Balaban J connectivity index is 0.00000277. The number of oxime groups is 1. The fourth-order valence-corrected chi connectivity index (χ4v) is 2.64. The number of ether oxygens (including phenoxy) is 1. The van der Waals surface area contributed by atoms with Crippen LogP contribution in [0.3, 0.4) is 0 Å². The SMILES string of the molecule is C=C(C(=O)OC)C1=C(C(C)(C)CON=C(C)C)CC(C)=C(C)C1.CO. The molecule has 0 spiro atoms. The smallest absolute Gasteiger partial charge is 0.337 e. The molecule has 0 fully saturated rings. The van der Waals surface area contributed by atoms with E-state index in [4.69, 9.17) is 14.7 Å². The van der Waals surface area contributed by atoms with Crippen molar-refractivity contribution in [3.05, 3.63) is 34.4 Å². The highest BCUT2D eigenvalue weighted by Crippen LogP contribution is 2.42. The molecule has 5 heteroatoms. The molecule has 142 valence electrons. The fourth-order valence-electron chi connectivity index (χ4n) is 2.64. The molecule has 1 aliphatic rings. The monoisotopic (exact) mass is 351 g/mol. The first-order valence-electron chi connectivity index (χ1n) is 8.33. The molecule has 0 saturated carbocycles. The largest absolute Gasteiger partial charge is 0.465 e. The highest BCUT2D eigenvalue weighted by Gasteiger charge is 2.32. The maximum Gasteiger partial charge on any atom is 0.337 e. The molecule has 1 rings (SSSR count). The maximum absolute atomic E-state index is 12.0. The number of aliphatic hydroxyl groups is 1. The van der Waals surface area contributed by atoms with Crippen molar-refractivity contribution in [1.29, 1.82) is 0 Å². The summed E-state index contributed by atoms with van der Waals surface area (Å²) in [6.07, 6.45) is 1.55. The molecule has 0 unspecified atom stereocenters. The molecule has 5 nitrogen and oxygen atoms in total. The molecule has 0 aromatic heterocycles. The summed E-state index contributed by atoms with van der Waals surface area (Å²) in [4.78, 5) is 17.4. The number of rotatable bonds is 6. The molecule has 25 heavy (non-hydrogen) atoms. The average molecular weight is 351 g/mol. The molecule has 0 atom stereocenters. The molecule has 0 saturated heterocycles. The second kappa shape index (κ2) is 10.2. The Kier molecular flexibility index (Phi) is 9.42. The van der Waals surface area contributed by atoms with Gasteiger partial charge in [0.1, 0.15) is 6.61 Å². The van der Waals surface area contributed by atoms with Crippen molar-refractivity contribution in [2.45, 2.75) is 54.4 Å². The first-order chi connectivity index (χ1) is 11.6. The van der Waals surface area contributed by atoms with Gasteiger partial charge < -0.3 is 14.7 Å². The van der Waals surface area contributed by atoms with Crippen molar-refractivity contribution < 1.29 is 19.5 Å². The second-order valence-electron chi connectivity index (χ2n) is 7.04. The zero-order valence-electron chi connectivity index (χ0n) is 16.9. The molecule has 0 heterocycles. The molecule has 1 N–H and O–H groups in total. The van der Waals surface area contributed by atoms with Crippen LogP contribution in [-0.4, -0.2) is 37.6 Å². The number of carbonyl (C=O) groups is 1. The van der Waals surface area contributed by atoms with Crippen LogP contribution in [0.4, 0.5) is 0 Å². The van der Waals surface area contributed by atoms with Gasteiger partial charge in [0.15, 0.2) is 0 Å². The Morgan fingerprint density at radius 3 is 2.20 bits per heavy atom. The van der Waals surface area contributed by atoms with Crippen molar-refractivity contribution in [3.8, 4) is 0 Å². The van der Waals surface area contributed by atoms with Gasteiger partial charge in [-0.3, -0.25) is 0 Å². The number of carbonyl (C=O) groups excluding carboxylic acids is 1. The minimum Gasteiger partial charge on any atom is -0.465 e. The zero-order valence-corrected chi connectivity index (χ0v) is 16.9. The average Bonchev–Trinajstić information content (AvgIpc) is 2.56. The van der Waals surface area contributed by atoms with Crippen LogP contribution < -0.4 is 0 Å². The third kappa shape index (κ3) is 6.50. The van der Waals surface area contributed by atoms with Gasteiger partial charge in [0.05, 0.1) is 18.4 Å². The highest BCUT2D eigenvalue weighted by molar-refractivity contribution is 5.93. The normalized spacial score (nSPS) is 14.4. The number of allylic oxidation sites excluding steroid dienone is 2. The van der Waals surface area contributed by atoms with Crippen LogP contribution in [0.5, 0.6) is 0 Å². The van der Waals surface area contributed by atoms with Crippen LogP contribution in [0.15, 0.2) is 39.6 Å². The van der Waals surface area contributed by atoms with E-state index in [0.717, 1.165) is 31.2 Å². The molecule has 0 aromatic rings. The third-order valence-electron chi connectivity index (χ3n) is 4.26. The first kappa shape index (κ1) is 23.1. The predicted molar refractivity (Wildman–Crippen MR) is 102 cm³/mol. The van der Waals surface area contributed by atoms with Gasteiger partial charge >= 0.3 is 5.97 Å². The molecular formula is C20H33NO4. The Bertz CT molecular complexity index is 591. The Hall–Kier alpha value is -1.88. The Morgan fingerprint density at radius 1 is 1.20 bits per heavy atom. The van der Waals surface area contributed by atoms with Crippen LogP contribution in [0.2, 0.25) is 0 Å². The van der Waals surface area contributed by atoms with Gasteiger partial charge in [0, 0.05) is 12.5 Å². The van der Waals surface area contributed by atoms with Gasteiger partial charge in [-0.15, -0.1) is 0 Å². The fraction of sp³-hybridized carbons (Fsp3) is 0.600. The van der Waals surface area contributed by atoms with E-state index in [1.54, 1.807) is 0 Å². The summed E-state index contributed by atoms with van der Waals surface area (Å²) in [7, 11) is 2.39. The van der Waals surface area contributed by atoms with Gasteiger partial charge in [-0.1, -0.05) is 42.3 Å². The van der Waals surface area contributed by atoms with Crippen molar-refractivity contribution in [1.82, 2.24) is 0 Å². The molecule has 1 aliphatic carbocycles. The summed E-state index contributed by atoms with van der Waals surface area (Å²) in [5, 5.41) is 11.0. The molecule has 0 aliphatic heterocycles. The lowest BCUT2D eigenvalue weighted by Crippen LogP contribution is -2.26. The molecule has 0 amide bonds. The van der Waals surface area contributed by atoms with Crippen LogP contribution in [0, 0.1) is 5.41 Å². The Labute approximate surface area is 152 Å². The lowest BCUT2D eigenvalue weighted by molar-refractivity contribution is -0.135. The summed E-state index contributed by atoms with van der Waals surface area (Å²) < 4.78 is 4.86. The second-order valence-corrected chi connectivity index (χ2v) is 7.04. The van der Waals surface area contributed by atoms with E-state index >= 15 is 0 Å². The van der Waals surface area contributed by atoms with Gasteiger partial charge in [-0.2, -0.15) is 0 Å². The van der Waals surface area contributed by atoms with Gasteiger partial charge in [0.25, 0.3) is 0 Å². The lowest BCUT2D eigenvalue weighted by Gasteiger charge is -2.34. The van der Waals surface area contributed by atoms with E-state index in [9.17, 15) is 4.79 Å². The number of nitrogens with zero attached hydrogens (tertiary/aromatic N) is 1. The molecule has 0 aromatic carbocycles. The van der Waals surface area contributed by atoms with Gasteiger partial charge in [0.2, 0.25) is 0 Å². The third-order valence-corrected chi connectivity index (χ3v) is 4.26. The van der Waals surface area contributed by atoms with E-state index < -0.39 is 0 Å². The van der Waals surface area contributed by atoms with Gasteiger partial charge in [-0.05, 0) is 46.1 Å². The van der Waals surface area contributed by atoms with Crippen LogP contribution >= 0.6 is 0 Å². The highest BCUT2D eigenvalue weighted by atomic mass is 16.6. The van der Waals surface area contributed by atoms with E-state index in [1.165, 1.54) is 23.8 Å². The minimum atomic E-state index is -0.371. The van der Waals surface area contributed by atoms with Crippen LogP contribution in [-0.2, 0) is 14.4 Å². The zero-order chi connectivity index (χ0) is 19.8. The van der Waals surface area contributed by atoms with Gasteiger partial charge in [-0.25, -0.2) is 4.79 Å². The Morgan fingerprint density at radius 2 is 1.72 bits per heavy atom. The summed E-state index contributed by atoms with van der Waals surface area (Å²) in [6.45, 7) is 16.7. The molecular weight excluding hydrogens is 318 g/mol. The lowest BCUT2D eigenvalue weighted by atomic mass is 9.72. The minimum absolute atomic E-state index is 0.243. The van der Waals surface area contributed by atoms with Crippen molar-refractivity contribution in [3.63, 3.8) is 0 Å². The maximum atomic E-state index is 12.0. The quantitative estimate of drug-likeness (QED) is 0.256.